The third kappa shape index (κ3) is 7.41. The summed E-state index contributed by atoms with van der Waals surface area (Å²) < 4.78 is 5.00. The van der Waals surface area contributed by atoms with Crippen LogP contribution in [0.2, 0.25) is 0 Å². The first kappa shape index (κ1) is 22.1. The topological polar surface area (TPSA) is 84.5 Å². The summed E-state index contributed by atoms with van der Waals surface area (Å²) in [6.07, 6.45) is 1.48. The van der Waals surface area contributed by atoms with Crippen LogP contribution in [0.3, 0.4) is 0 Å². The fourth-order valence-corrected chi connectivity index (χ4v) is 2.83. The normalized spacial score (nSPS) is 10.3. The highest BCUT2D eigenvalue weighted by atomic mass is 16.5. The highest BCUT2D eigenvalue weighted by Crippen LogP contribution is 2.17. The fourth-order valence-electron chi connectivity index (χ4n) is 2.83. The zero-order chi connectivity index (χ0) is 21.2. The lowest BCUT2D eigenvalue weighted by molar-refractivity contribution is -0.147. The molecule has 2 amide bonds. The second-order valence-corrected chi connectivity index (χ2v) is 6.94. The van der Waals surface area contributed by atoms with E-state index in [-0.39, 0.29) is 31.3 Å². The van der Waals surface area contributed by atoms with E-state index in [2.05, 4.69) is 10.6 Å². The van der Waals surface area contributed by atoms with E-state index in [0.29, 0.717) is 12.1 Å². The van der Waals surface area contributed by atoms with E-state index < -0.39 is 5.97 Å². The first-order valence-corrected chi connectivity index (χ1v) is 9.79. The summed E-state index contributed by atoms with van der Waals surface area (Å²) >= 11 is 0. The van der Waals surface area contributed by atoms with Gasteiger partial charge < -0.3 is 15.4 Å². The lowest BCUT2D eigenvalue weighted by atomic mass is 10.1. The molecule has 0 heterocycles. The summed E-state index contributed by atoms with van der Waals surface area (Å²) in [6, 6.07) is 13.4. The van der Waals surface area contributed by atoms with Gasteiger partial charge in [-0.15, -0.1) is 0 Å². The number of esters is 1. The number of carbonyl (C=O) groups is 3. The van der Waals surface area contributed by atoms with Gasteiger partial charge >= 0.3 is 5.97 Å². The molecule has 0 bridgehead atoms. The molecule has 6 heteroatoms. The summed E-state index contributed by atoms with van der Waals surface area (Å²) in [5.74, 6) is -1.03. The SMILES string of the molecule is CCc1ccccc1NC(=O)CCCC(=O)OCC(=O)Nc1cc(C)ccc1C. The van der Waals surface area contributed by atoms with Gasteiger partial charge in [0.2, 0.25) is 5.91 Å². The Balaban J connectivity index is 1.68. The third-order valence-electron chi connectivity index (χ3n) is 4.49. The molecule has 0 fully saturated rings. The third-order valence-corrected chi connectivity index (χ3v) is 4.49. The number of hydrogen-bond acceptors (Lipinski definition) is 4. The van der Waals surface area contributed by atoms with E-state index in [1.165, 1.54) is 0 Å². The molecular formula is C23H28N2O4. The van der Waals surface area contributed by atoms with Crippen LogP contribution in [0.5, 0.6) is 0 Å². The Labute approximate surface area is 171 Å². The molecule has 6 nitrogen and oxygen atoms in total. The van der Waals surface area contributed by atoms with Gasteiger partial charge in [-0.25, -0.2) is 0 Å². The van der Waals surface area contributed by atoms with E-state index in [1.54, 1.807) is 0 Å². The summed E-state index contributed by atoms with van der Waals surface area (Å²) in [6.45, 7) is 5.51. The molecule has 154 valence electrons. The predicted octanol–water partition coefficient (Wildman–Crippen LogP) is 4.16. The summed E-state index contributed by atoms with van der Waals surface area (Å²) in [7, 11) is 0. The average Bonchev–Trinajstić information content (AvgIpc) is 2.69. The van der Waals surface area contributed by atoms with Crippen LogP contribution >= 0.6 is 0 Å². The van der Waals surface area contributed by atoms with Crippen molar-refractivity contribution in [2.75, 3.05) is 17.2 Å². The van der Waals surface area contributed by atoms with Crippen molar-refractivity contribution in [1.29, 1.82) is 0 Å². The standard InChI is InChI=1S/C23H28N2O4/c1-4-18-8-5-6-9-19(18)24-21(26)10-7-11-23(28)29-15-22(27)25-20-14-16(2)12-13-17(20)3/h5-6,8-9,12-14H,4,7,10-11,15H2,1-3H3,(H,24,26)(H,25,27). The average molecular weight is 396 g/mol. The lowest BCUT2D eigenvalue weighted by Gasteiger charge is -2.10. The number of carbonyl (C=O) groups excluding carboxylic acids is 3. The van der Waals surface area contributed by atoms with Gasteiger partial charge in [0.15, 0.2) is 6.61 Å². The maximum Gasteiger partial charge on any atom is 0.306 e. The quantitative estimate of drug-likeness (QED) is 0.624. The second kappa shape index (κ2) is 11.0. The Morgan fingerprint density at radius 2 is 1.62 bits per heavy atom. The number of anilines is 2. The number of hydrogen-bond donors (Lipinski definition) is 2. The number of amides is 2. The molecule has 0 aliphatic rings. The summed E-state index contributed by atoms with van der Waals surface area (Å²) in [4.78, 5) is 35.9. The van der Waals surface area contributed by atoms with Gasteiger partial charge in [-0.2, -0.15) is 0 Å². The van der Waals surface area contributed by atoms with E-state index in [9.17, 15) is 14.4 Å². The number of benzene rings is 2. The molecule has 0 unspecified atom stereocenters. The van der Waals surface area contributed by atoms with Gasteiger partial charge in [-0.05, 0) is 55.5 Å². The van der Waals surface area contributed by atoms with Crippen LogP contribution in [-0.2, 0) is 25.5 Å². The molecule has 2 rings (SSSR count). The largest absolute Gasteiger partial charge is 0.456 e. The molecule has 0 aliphatic carbocycles. The number of nitrogens with one attached hydrogen (secondary N) is 2. The van der Waals surface area contributed by atoms with Crippen LogP contribution in [0.1, 0.15) is 42.9 Å². The first-order chi connectivity index (χ1) is 13.9. The second-order valence-electron chi connectivity index (χ2n) is 6.94. The molecule has 0 saturated carbocycles. The van der Waals surface area contributed by atoms with Crippen LogP contribution in [0.25, 0.3) is 0 Å². The molecule has 0 atom stereocenters. The van der Waals surface area contributed by atoms with Crippen LogP contribution < -0.4 is 10.6 Å². The maximum absolute atomic E-state index is 12.1. The molecular weight excluding hydrogens is 368 g/mol. The Morgan fingerprint density at radius 3 is 2.38 bits per heavy atom. The maximum atomic E-state index is 12.1. The summed E-state index contributed by atoms with van der Waals surface area (Å²) in [5, 5.41) is 5.61. The number of rotatable bonds is 9. The lowest BCUT2D eigenvalue weighted by Crippen LogP contribution is -2.21. The van der Waals surface area contributed by atoms with Gasteiger partial charge in [0.1, 0.15) is 0 Å². The van der Waals surface area contributed by atoms with Crippen molar-refractivity contribution in [2.24, 2.45) is 0 Å². The smallest absolute Gasteiger partial charge is 0.306 e. The van der Waals surface area contributed by atoms with Gasteiger partial charge in [-0.3, -0.25) is 14.4 Å². The van der Waals surface area contributed by atoms with E-state index in [0.717, 1.165) is 28.8 Å². The monoisotopic (exact) mass is 396 g/mol. The van der Waals surface area contributed by atoms with E-state index in [1.807, 2.05) is 63.2 Å². The van der Waals surface area contributed by atoms with Gasteiger partial charge in [-0.1, -0.05) is 37.3 Å². The first-order valence-electron chi connectivity index (χ1n) is 9.79. The molecule has 0 spiro atoms. The highest BCUT2D eigenvalue weighted by Gasteiger charge is 2.11. The Morgan fingerprint density at radius 1 is 0.897 bits per heavy atom. The van der Waals surface area contributed by atoms with Crippen molar-refractivity contribution in [3.8, 4) is 0 Å². The highest BCUT2D eigenvalue weighted by molar-refractivity contribution is 5.94. The molecule has 2 aromatic carbocycles. The molecule has 0 aromatic heterocycles. The number of ether oxygens (including phenoxy) is 1. The van der Waals surface area contributed by atoms with Crippen molar-refractivity contribution < 1.29 is 19.1 Å². The van der Waals surface area contributed by atoms with E-state index >= 15 is 0 Å². The van der Waals surface area contributed by atoms with Crippen LogP contribution in [0.4, 0.5) is 11.4 Å². The zero-order valence-electron chi connectivity index (χ0n) is 17.2. The van der Waals surface area contributed by atoms with Crippen LogP contribution in [0, 0.1) is 13.8 Å². The minimum atomic E-state index is -0.497. The molecule has 29 heavy (non-hydrogen) atoms. The molecule has 0 saturated heterocycles. The van der Waals surface area contributed by atoms with E-state index in [4.69, 9.17) is 4.74 Å². The van der Waals surface area contributed by atoms with Crippen molar-refractivity contribution in [3.63, 3.8) is 0 Å². The Bertz CT molecular complexity index is 877. The molecule has 0 aliphatic heterocycles. The molecule has 0 radical (unpaired) electrons. The van der Waals surface area contributed by atoms with Crippen molar-refractivity contribution in [1.82, 2.24) is 0 Å². The Kier molecular flexibility index (Phi) is 8.40. The predicted molar refractivity (Wildman–Crippen MR) is 114 cm³/mol. The fraction of sp³-hybridized carbons (Fsp3) is 0.348. The number of para-hydroxylation sites is 1. The molecule has 2 N–H and O–H groups in total. The van der Waals surface area contributed by atoms with Crippen molar-refractivity contribution in [3.05, 3.63) is 59.2 Å². The number of aryl methyl sites for hydroxylation is 3. The molecule has 2 aromatic rings. The van der Waals surface area contributed by atoms with Crippen LogP contribution in [-0.4, -0.2) is 24.4 Å². The Hall–Kier alpha value is -3.15. The van der Waals surface area contributed by atoms with Crippen molar-refractivity contribution in [2.45, 2.75) is 46.5 Å². The van der Waals surface area contributed by atoms with Gasteiger partial charge in [0, 0.05) is 24.2 Å². The van der Waals surface area contributed by atoms with Crippen LogP contribution in [0.15, 0.2) is 42.5 Å². The minimum Gasteiger partial charge on any atom is -0.456 e. The van der Waals surface area contributed by atoms with Gasteiger partial charge in [0.25, 0.3) is 5.91 Å². The zero-order valence-corrected chi connectivity index (χ0v) is 17.2. The summed E-state index contributed by atoms with van der Waals surface area (Å²) in [5.41, 5.74) is 4.53. The van der Waals surface area contributed by atoms with Gasteiger partial charge in [0.05, 0.1) is 0 Å². The van der Waals surface area contributed by atoms with Crippen molar-refractivity contribution >= 4 is 29.2 Å². The minimum absolute atomic E-state index is 0.0829.